The van der Waals surface area contributed by atoms with Gasteiger partial charge >= 0.3 is 0 Å². The molecule has 1 aromatic carbocycles. The summed E-state index contributed by atoms with van der Waals surface area (Å²) in [5, 5.41) is 30.6. The molecule has 1 atom stereocenters. The Kier molecular flexibility index (Phi) is 5.02. The Hall–Kier alpha value is -2.73. The van der Waals surface area contributed by atoms with Gasteiger partial charge in [-0.25, -0.2) is 0 Å². The van der Waals surface area contributed by atoms with E-state index in [-0.39, 0.29) is 22.6 Å². The van der Waals surface area contributed by atoms with E-state index in [9.17, 15) is 20.1 Å². The summed E-state index contributed by atoms with van der Waals surface area (Å²) in [5.41, 5.74) is 0.492. The normalized spacial score (nSPS) is 21.1. The molecule has 0 saturated heterocycles. The fraction of sp³-hybridized carbons (Fsp3) is 0.381. The number of rotatable bonds is 4. The quantitative estimate of drug-likeness (QED) is 0.548. The van der Waals surface area contributed by atoms with Crippen LogP contribution in [0.3, 0.4) is 0 Å². The van der Waals surface area contributed by atoms with Gasteiger partial charge < -0.3 is 24.8 Å². The van der Waals surface area contributed by atoms with Crippen LogP contribution in [-0.4, -0.2) is 33.8 Å². The van der Waals surface area contributed by atoms with Gasteiger partial charge in [-0.1, -0.05) is 12.2 Å². The van der Waals surface area contributed by atoms with Crippen molar-refractivity contribution in [2.75, 3.05) is 7.11 Å². The standard InChI is InChI=1S/C21H24O6/c1-21(2)11-15(24)19-17(27-21)10-16(26-3)18(20(19)25)14(23)9-6-12-4-7-13(22)8-5-12/h4,6-7,9-10,15,22,24-25H,5,8,11H2,1-3H3/b9-6+. The molecule has 0 amide bonds. The Bertz CT molecular complexity index is 860. The van der Waals surface area contributed by atoms with Crippen LogP contribution in [0.5, 0.6) is 17.2 Å². The zero-order chi connectivity index (χ0) is 19.8. The van der Waals surface area contributed by atoms with Crippen LogP contribution in [0.2, 0.25) is 0 Å². The molecule has 27 heavy (non-hydrogen) atoms. The second-order valence-corrected chi connectivity index (χ2v) is 7.39. The fourth-order valence-electron chi connectivity index (χ4n) is 3.40. The number of benzene rings is 1. The lowest BCUT2D eigenvalue weighted by atomic mass is 9.89. The van der Waals surface area contributed by atoms with Gasteiger partial charge in [-0.05, 0) is 38.0 Å². The number of aliphatic hydroxyl groups excluding tert-OH is 2. The summed E-state index contributed by atoms with van der Waals surface area (Å²) >= 11 is 0. The molecule has 0 aromatic heterocycles. The van der Waals surface area contributed by atoms with Crippen LogP contribution in [0.4, 0.5) is 0 Å². The first-order chi connectivity index (χ1) is 12.7. The van der Waals surface area contributed by atoms with Gasteiger partial charge in [0.2, 0.25) is 0 Å². The predicted octanol–water partition coefficient (Wildman–Crippen LogP) is 3.90. The average Bonchev–Trinajstić information content (AvgIpc) is 2.59. The van der Waals surface area contributed by atoms with Crippen molar-refractivity contribution in [1.29, 1.82) is 0 Å². The van der Waals surface area contributed by atoms with Crippen LogP contribution < -0.4 is 9.47 Å². The fourth-order valence-corrected chi connectivity index (χ4v) is 3.40. The molecule has 1 heterocycles. The van der Waals surface area contributed by atoms with Crippen LogP contribution in [0, 0.1) is 0 Å². The molecule has 0 fully saturated rings. The lowest BCUT2D eigenvalue weighted by molar-refractivity contribution is 0.00980. The minimum absolute atomic E-state index is 0.00958. The molecule has 2 aliphatic rings. The molecule has 1 aliphatic heterocycles. The number of phenols is 1. The van der Waals surface area contributed by atoms with Gasteiger partial charge in [-0.2, -0.15) is 0 Å². The van der Waals surface area contributed by atoms with Crippen LogP contribution >= 0.6 is 0 Å². The number of methoxy groups -OCH3 is 1. The highest BCUT2D eigenvalue weighted by Crippen LogP contribution is 2.48. The van der Waals surface area contributed by atoms with Gasteiger partial charge in [0, 0.05) is 18.9 Å². The SMILES string of the molecule is COc1cc2c(c(O)c1C(=O)/C=C/C1=CC=C(O)CC1)C(O)CC(C)(C)O2. The summed E-state index contributed by atoms with van der Waals surface area (Å²) < 4.78 is 11.1. The maximum Gasteiger partial charge on any atom is 0.193 e. The van der Waals surface area contributed by atoms with E-state index in [4.69, 9.17) is 9.47 Å². The third-order valence-corrected chi connectivity index (χ3v) is 4.75. The van der Waals surface area contributed by atoms with E-state index in [2.05, 4.69) is 0 Å². The minimum atomic E-state index is -0.945. The number of carbonyl (C=O) groups excluding carboxylic acids is 1. The van der Waals surface area contributed by atoms with Gasteiger partial charge in [0.25, 0.3) is 0 Å². The smallest absolute Gasteiger partial charge is 0.193 e. The number of fused-ring (bicyclic) bond motifs is 1. The van der Waals surface area contributed by atoms with E-state index in [1.165, 1.54) is 19.3 Å². The molecule has 0 radical (unpaired) electrons. The number of allylic oxidation sites excluding steroid dienone is 6. The highest BCUT2D eigenvalue weighted by molar-refractivity contribution is 6.09. The van der Waals surface area contributed by atoms with Gasteiger partial charge in [0.1, 0.15) is 28.4 Å². The largest absolute Gasteiger partial charge is 0.512 e. The molecule has 0 saturated carbocycles. The van der Waals surface area contributed by atoms with Gasteiger partial charge in [0.15, 0.2) is 5.78 Å². The van der Waals surface area contributed by atoms with Crippen LogP contribution in [-0.2, 0) is 0 Å². The molecule has 3 N–H and O–H groups in total. The first-order valence-corrected chi connectivity index (χ1v) is 8.84. The zero-order valence-electron chi connectivity index (χ0n) is 15.7. The summed E-state index contributed by atoms with van der Waals surface area (Å²) in [7, 11) is 1.41. The lowest BCUT2D eigenvalue weighted by Crippen LogP contribution is -2.35. The summed E-state index contributed by atoms with van der Waals surface area (Å²) in [4.78, 5) is 12.7. The number of phenolic OH excluding ortho intramolecular Hbond substituents is 1. The first-order valence-electron chi connectivity index (χ1n) is 8.84. The van der Waals surface area contributed by atoms with Crippen molar-refractivity contribution in [2.45, 2.75) is 44.8 Å². The molecule has 3 rings (SSSR count). The summed E-state index contributed by atoms with van der Waals surface area (Å²) in [5.74, 6) is 0.0376. The molecule has 0 bridgehead atoms. The Labute approximate surface area is 158 Å². The number of aliphatic hydroxyl groups is 2. The minimum Gasteiger partial charge on any atom is -0.512 e. The van der Waals surface area contributed by atoms with Crippen LogP contribution in [0.1, 0.15) is 55.1 Å². The van der Waals surface area contributed by atoms with Crippen molar-refractivity contribution in [3.63, 3.8) is 0 Å². The van der Waals surface area contributed by atoms with Crippen molar-refractivity contribution in [3.8, 4) is 17.2 Å². The van der Waals surface area contributed by atoms with E-state index < -0.39 is 17.5 Å². The highest BCUT2D eigenvalue weighted by Gasteiger charge is 2.37. The van der Waals surface area contributed by atoms with E-state index in [0.29, 0.717) is 30.8 Å². The third kappa shape index (κ3) is 3.85. The van der Waals surface area contributed by atoms with E-state index >= 15 is 0 Å². The predicted molar refractivity (Wildman–Crippen MR) is 100 cm³/mol. The summed E-state index contributed by atoms with van der Waals surface area (Å²) in [6.07, 6.45) is 6.85. The van der Waals surface area contributed by atoms with Gasteiger partial charge in [-0.3, -0.25) is 4.79 Å². The van der Waals surface area contributed by atoms with Crippen molar-refractivity contribution in [1.82, 2.24) is 0 Å². The zero-order valence-corrected chi connectivity index (χ0v) is 15.7. The molecule has 0 spiro atoms. The lowest BCUT2D eigenvalue weighted by Gasteiger charge is -2.36. The monoisotopic (exact) mass is 372 g/mol. The van der Waals surface area contributed by atoms with E-state index in [0.717, 1.165) is 5.57 Å². The second-order valence-electron chi connectivity index (χ2n) is 7.39. The maximum absolute atomic E-state index is 12.7. The van der Waals surface area contributed by atoms with Gasteiger partial charge in [-0.15, -0.1) is 0 Å². The average molecular weight is 372 g/mol. The van der Waals surface area contributed by atoms with E-state index in [1.54, 1.807) is 18.2 Å². The Morgan fingerprint density at radius 1 is 1.30 bits per heavy atom. The second kappa shape index (κ2) is 7.12. The van der Waals surface area contributed by atoms with Crippen LogP contribution in [0.25, 0.3) is 0 Å². The Morgan fingerprint density at radius 2 is 2.04 bits per heavy atom. The molecule has 1 unspecified atom stereocenters. The maximum atomic E-state index is 12.7. The van der Waals surface area contributed by atoms with Crippen LogP contribution in [0.15, 0.2) is 41.7 Å². The molecular formula is C21H24O6. The van der Waals surface area contributed by atoms with Crippen molar-refractivity contribution >= 4 is 5.78 Å². The number of ether oxygens (including phenoxy) is 2. The third-order valence-electron chi connectivity index (χ3n) is 4.75. The highest BCUT2D eigenvalue weighted by atomic mass is 16.5. The molecule has 1 aliphatic carbocycles. The molecule has 1 aromatic rings. The summed E-state index contributed by atoms with van der Waals surface area (Å²) in [6.45, 7) is 3.68. The number of aromatic hydroxyl groups is 1. The Balaban J connectivity index is 1.98. The van der Waals surface area contributed by atoms with Crippen molar-refractivity contribution in [3.05, 3.63) is 52.8 Å². The number of hydrogen-bond acceptors (Lipinski definition) is 6. The molecular weight excluding hydrogens is 348 g/mol. The number of ketones is 1. The number of carbonyl (C=O) groups is 1. The summed E-state index contributed by atoms with van der Waals surface area (Å²) in [6, 6.07) is 1.53. The topological polar surface area (TPSA) is 96.2 Å². The van der Waals surface area contributed by atoms with Gasteiger partial charge in [0.05, 0.1) is 24.5 Å². The van der Waals surface area contributed by atoms with E-state index in [1.807, 2.05) is 13.8 Å². The first kappa shape index (κ1) is 19.0. The Morgan fingerprint density at radius 3 is 2.67 bits per heavy atom. The van der Waals surface area contributed by atoms with Crippen molar-refractivity contribution < 1.29 is 29.6 Å². The molecule has 6 nitrogen and oxygen atoms in total. The molecule has 6 heteroatoms. The molecule has 144 valence electrons. The number of hydrogen-bond donors (Lipinski definition) is 3. The van der Waals surface area contributed by atoms with Crippen molar-refractivity contribution in [2.24, 2.45) is 0 Å².